The molecule has 2 aromatic carbocycles. The number of non-ortho nitro benzene ring substituents is 1. The summed E-state index contributed by atoms with van der Waals surface area (Å²) in [5.41, 5.74) is 3.72. The fraction of sp³-hybridized carbons (Fsp3) is 0.176. The van der Waals surface area contributed by atoms with Gasteiger partial charge in [-0.05, 0) is 36.4 Å². The van der Waals surface area contributed by atoms with Gasteiger partial charge in [0.05, 0.1) is 4.92 Å². The summed E-state index contributed by atoms with van der Waals surface area (Å²) < 4.78 is 2.29. The molecule has 0 N–H and O–H groups in total. The third-order valence-electron chi connectivity index (χ3n) is 3.79. The summed E-state index contributed by atoms with van der Waals surface area (Å²) in [4.78, 5) is 10.3. The van der Waals surface area contributed by atoms with Crippen LogP contribution in [0.15, 0.2) is 54.6 Å². The van der Waals surface area contributed by atoms with Crippen LogP contribution >= 0.6 is 0 Å². The second kappa shape index (κ2) is 5.40. The van der Waals surface area contributed by atoms with Gasteiger partial charge < -0.3 is 4.57 Å². The highest BCUT2D eigenvalue weighted by Gasteiger charge is 2.07. The SMILES string of the molecule is Cc1cc2ccccc2n1CCc1ccc([N+](=O)[O-])cc1. The Bertz CT molecular complexity index is 788. The van der Waals surface area contributed by atoms with E-state index in [-0.39, 0.29) is 10.6 Å². The smallest absolute Gasteiger partial charge is 0.269 e. The fourth-order valence-corrected chi connectivity index (χ4v) is 2.67. The molecule has 0 fully saturated rings. The van der Waals surface area contributed by atoms with Crippen molar-refractivity contribution in [3.05, 3.63) is 76.0 Å². The molecule has 0 saturated carbocycles. The van der Waals surface area contributed by atoms with Crippen LogP contribution in [0.4, 0.5) is 5.69 Å². The molecule has 0 aliphatic rings. The first-order valence-electron chi connectivity index (χ1n) is 6.93. The van der Waals surface area contributed by atoms with E-state index in [1.165, 1.54) is 16.6 Å². The van der Waals surface area contributed by atoms with E-state index in [4.69, 9.17) is 0 Å². The van der Waals surface area contributed by atoms with Crippen molar-refractivity contribution in [3.8, 4) is 0 Å². The molecule has 106 valence electrons. The number of nitrogens with zero attached hydrogens (tertiary/aromatic N) is 2. The van der Waals surface area contributed by atoms with E-state index in [2.05, 4.69) is 29.7 Å². The Kier molecular flexibility index (Phi) is 3.44. The standard InChI is InChI=1S/C17H16N2O2/c1-13-12-15-4-2-3-5-17(15)18(13)11-10-14-6-8-16(9-7-14)19(20)21/h2-9,12H,10-11H2,1H3. The molecule has 4 nitrogen and oxygen atoms in total. The summed E-state index contributed by atoms with van der Waals surface area (Å²) in [5, 5.41) is 11.9. The molecule has 3 aromatic rings. The minimum atomic E-state index is -0.368. The van der Waals surface area contributed by atoms with E-state index >= 15 is 0 Å². The molecular weight excluding hydrogens is 264 g/mol. The van der Waals surface area contributed by atoms with Crippen molar-refractivity contribution >= 4 is 16.6 Å². The highest BCUT2D eigenvalue weighted by atomic mass is 16.6. The number of para-hydroxylation sites is 1. The van der Waals surface area contributed by atoms with Gasteiger partial charge in [-0.25, -0.2) is 0 Å². The number of nitro benzene ring substituents is 1. The Morgan fingerprint density at radius 2 is 1.81 bits per heavy atom. The van der Waals surface area contributed by atoms with E-state index in [9.17, 15) is 10.1 Å². The molecule has 0 amide bonds. The summed E-state index contributed by atoms with van der Waals surface area (Å²) in [6, 6.07) is 17.3. The van der Waals surface area contributed by atoms with E-state index in [1.54, 1.807) is 12.1 Å². The van der Waals surface area contributed by atoms with Gasteiger partial charge in [0.15, 0.2) is 0 Å². The van der Waals surface area contributed by atoms with Crippen molar-refractivity contribution in [2.24, 2.45) is 0 Å². The molecule has 0 spiro atoms. The number of fused-ring (bicyclic) bond motifs is 1. The van der Waals surface area contributed by atoms with Gasteiger partial charge in [0, 0.05) is 29.9 Å². The molecule has 0 radical (unpaired) electrons. The Hall–Kier alpha value is -2.62. The number of nitro groups is 1. The fourth-order valence-electron chi connectivity index (χ4n) is 2.67. The monoisotopic (exact) mass is 280 g/mol. The van der Waals surface area contributed by atoms with Crippen molar-refractivity contribution in [2.45, 2.75) is 19.9 Å². The predicted molar refractivity (Wildman–Crippen MR) is 83.5 cm³/mol. The lowest BCUT2D eigenvalue weighted by Gasteiger charge is -2.08. The molecule has 0 bridgehead atoms. The first-order chi connectivity index (χ1) is 10.1. The summed E-state index contributed by atoms with van der Waals surface area (Å²) in [7, 11) is 0. The third kappa shape index (κ3) is 2.65. The maximum Gasteiger partial charge on any atom is 0.269 e. The second-order valence-electron chi connectivity index (χ2n) is 5.17. The number of hydrogen-bond acceptors (Lipinski definition) is 2. The number of hydrogen-bond donors (Lipinski definition) is 0. The largest absolute Gasteiger partial charge is 0.345 e. The first-order valence-corrected chi connectivity index (χ1v) is 6.93. The van der Waals surface area contributed by atoms with E-state index in [1.807, 2.05) is 24.3 Å². The molecule has 4 heteroatoms. The summed E-state index contributed by atoms with van der Waals surface area (Å²) >= 11 is 0. The zero-order valence-electron chi connectivity index (χ0n) is 11.8. The van der Waals surface area contributed by atoms with Gasteiger partial charge in [-0.3, -0.25) is 10.1 Å². The lowest BCUT2D eigenvalue weighted by Crippen LogP contribution is -2.03. The number of aromatic nitrogens is 1. The van der Waals surface area contributed by atoms with Gasteiger partial charge in [-0.2, -0.15) is 0 Å². The number of rotatable bonds is 4. The lowest BCUT2D eigenvalue weighted by molar-refractivity contribution is -0.384. The lowest BCUT2D eigenvalue weighted by atomic mass is 10.1. The average Bonchev–Trinajstić information content (AvgIpc) is 2.81. The van der Waals surface area contributed by atoms with Crippen LogP contribution in [0, 0.1) is 17.0 Å². The minimum Gasteiger partial charge on any atom is -0.345 e. The Labute approximate surface area is 122 Å². The third-order valence-corrected chi connectivity index (χ3v) is 3.79. The number of aryl methyl sites for hydroxylation is 3. The van der Waals surface area contributed by atoms with Gasteiger partial charge in [0.1, 0.15) is 0 Å². The average molecular weight is 280 g/mol. The van der Waals surface area contributed by atoms with Crippen LogP contribution in [0.25, 0.3) is 10.9 Å². The van der Waals surface area contributed by atoms with Crippen molar-refractivity contribution < 1.29 is 4.92 Å². The van der Waals surface area contributed by atoms with E-state index in [0.717, 1.165) is 18.5 Å². The van der Waals surface area contributed by atoms with Crippen LogP contribution in [-0.4, -0.2) is 9.49 Å². The van der Waals surface area contributed by atoms with Crippen LogP contribution in [0.5, 0.6) is 0 Å². The molecule has 1 heterocycles. The van der Waals surface area contributed by atoms with Crippen molar-refractivity contribution in [3.63, 3.8) is 0 Å². The minimum absolute atomic E-state index is 0.140. The highest BCUT2D eigenvalue weighted by Crippen LogP contribution is 2.20. The van der Waals surface area contributed by atoms with E-state index in [0.29, 0.717) is 0 Å². The molecule has 0 aliphatic carbocycles. The van der Waals surface area contributed by atoms with Gasteiger partial charge in [0.2, 0.25) is 0 Å². The highest BCUT2D eigenvalue weighted by molar-refractivity contribution is 5.81. The zero-order valence-corrected chi connectivity index (χ0v) is 11.8. The maximum absolute atomic E-state index is 10.6. The van der Waals surface area contributed by atoms with Crippen LogP contribution in [0.3, 0.4) is 0 Å². The quantitative estimate of drug-likeness (QED) is 0.533. The van der Waals surface area contributed by atoms with Crippen LogP contribution in [0.1, 0.15) is 11.3 Å². The van der Waals surface area contributed by atoms with Crippen LogP contribution < -0.4 is 0 Å². The molecule has 0 atom stereocenters. The molecule has 1 aromatic heterocycles. The molecule has 0 aliphatic heterocycles. The van der Waals surface area contributed by atoms with Crippen LogP contribution in [0.2, 0.25) is 0 Å². The van der Waals surface area contributed by atoms with E-state index < -0.39 is 0 Å². The van der Waals surface area contributed by atoms with Gasteiger partial charge in [-0.1, -0.05) is 30.3 Å². The first kappa shape index (κ1) is 13.4. The van der Waals surface area contributed by atoms with Gasteiger partial charge >= 0.3 is 0 Å². The summed E-state index contributed by atoms with van der Waals surface area (Å²) in [6.07, 6.45) is 0.859. The van der Waals surface area contributed by atoms with Crippen molar-refractivity contribution in [1.82, 2.24) is 4.57 Å². The number of benzene rings is 2. The summed E-state index contributed by atoms with van der Waals surface area (Å²) in [5.74, 6) is 0. The Morgan fingerprint density at radius 1 is 1.10 bits per heavy atom. The molecule has 3 rings (SSSR count). The maximum atomic E-state index is 10.6. The molecular formula is C17H16N2O2. The molecule has 21 heavy (non-hydrogen) atoms. The van der Waals surface area contributed by atoms with Crippen LogP contribution in [-0.2, 0) is 13.0 Å². The normalized spacial score (nSPS) is 10.9. The predicted octanol–water partition coefficient (Wildman–Crippen LogP) is 4.10. The molecule has 0 saturated heterocycles. The second-order valence-corrected chi connectivity index (χ2v) is 5.17. The Balaban J connectivity index is 1.80. The van der Waals surface area contributed by atoms with Gasteiger partial charge in [0.25, 0.3) is 5.69 Å². The summed E-state index contributed by atoms with van der Waals surface area (Å²) in [6.45, 7) is 2.98. The Morgan fingerprint density at radius 3 is 2.52 bits per heavy atom. The topological polar surface area (TPSA) is 48.1 Å². The van der Waals surface area contributed by atoms with Crippen molar-refractivity contribution in [2.75, 3.05) is 0 Å². The molecule has 0 unspecified atom stereocenters. The van der Waals surface area contributed by atoms with Gasteiger partial charge in [-0.15, -0.1) is 0 Å². The van der Waals surface area contributed by atoms with Crippen molar-refractivity contribution in [1.29, 1.82) is 0 Å². The zero-order chi connectivity index (χ0) is 14.8.